The van der Waals surface area contributed by atoms with Crippen LogP contribution in [0.4, 0.5) is 0 Å². The van der Waals surface area contributed by atoms with Gasteiger partial charge in [0.1, 0.15) is 0 Å². The third-order valence-electron chi connectivity index (χ3n) is 4.80. The molecule has 0 spiro atoms. The van der Waals surface area contributed by atoms with Gasteiger partial charge in [0.15, 0.2) is 0 Å². The number of benzene rings is 2. The van der Waals surface area contributed by atoms with E-state index < -0.39 is 10.0 Å². The molecule has 1 heterocycles. The number of carbonyl (C=O) groups is 1. The summed E-state index contributed by atoms with van der Waals surface area (Å²) in [5, 5.41) is 2.81. The molecule has 0 radical (unpaired) electrons. The summed E-state index contributed by atoms with van der Waals surface area (Å²) in [5.41, 5.74) is 1.91. The third-order valence-corrected chi connectivity index (χ3v) is 7.14. The quantitative estimate of drug-likeness (QED) is 0.628. The molecule has 2 aromatic rings. The van der Waals surface area contributed by atoms with E-state index in [-0.39, 0.29) is 30.0 Å². The lowest BCUT2D eigenvalue weighted by atomic mass is 10.1. The van der Waals surface area contributed by atoms with Gasteiger partial charge in [-0.3, -0.25) is 4.79 Å². The molecule has 156 valence electrons. The van der Waals surface area contributed by atoms with Gasteiger partial charge in [-0.1, -0.05) is 45.8 Å². The minimum Gasteiger partial charge on any atom is -0.376 e. The van der Waals surface area contributed by atoms with Crippen molar-refractivity contribution in [2.75, 3.05) is 19.7 Å². The Bertz CT molecular complexity index is 924. The van der Waals surface area contributed by atoms with Crippen molar-refractivity contribution in [3.63, 3.8) is 0 Å². The fraction of sp³-hybridized carbons (Fsp3) is 0.381. The number of amides is 1. The summed E-state index contributed by atoms with van der Waals surface area (Å²) in [7, 11) is -3.84. The molecule has 0 saturated carbocycles. The molecule has 1 saturated heterocycles. The van der Waals surface area contributed by atoms with E-state index in [9.17, 15) is 13.2 Å². The second kappa shape index (κ2) is 9.84. The molecule has 0 aromatic heterocycles. The number of aryl methyl sites for hydroxylation is 1. The minimum absolute atomic E-state index is 0.00702. The van der Waals surface area contributed by atoms with Gasteiger partial charge in [-0.05, 0) is 49.6 Å². The molecule has 8 heteroatoms. The third kappa shape index (κ3) is 6.12. The fourth-order valence-corrected chi connectivity index (χ4v) is 4.78. The molecule has 1 aliphatic heterocycles. The molecule has 0 bridgehead atoms. The molecule has 6 nitrogen and oxygen atoms in total. The van der Waals surface area contributed by atoms with Crippen LogP contribution in [-0.2, 0) is 26.1 Å². The van der Waals surface area contributed by atoms with Crippen molar-refractivity contribution in [2.24, 2.45) is 0 Å². The fourth-order valence-electron chi connectivity index (χ4n) is 3.13. The Hall–Kier alpha value is -1.74. The maximum absolute atomic E-state index is 13.2. The molecule has 1 amide bonds. The highest BCUT2D eigenvalue weighted by Gasteiger charge is 2.27. The van der Waals surface area contributed by atoms with Crippen LogP contribution in [0.25, 0.3) is 0 Å². The van der Waals surface area contributed by atoms with Crippen LogP contribution in [0.1, 0.15) is 24.0 Å². The monoisotopic (exact) mass is 480 g/mol. The van der Waals surface area contributed by atoms with E-state index in [0.29, 0.717) is 13.2 Å². The maximum Gasteiger partial charge on any atom is 0.243 e. The highest BCUT2D eigenvalue weighted by molar-refractivity contribution is 9.10. The van der Waals surface area contributed by atoms with Gasteiger partial charge in [-0.2, -0.15) is 4.31 Å². The molecule has 0 aliphatic carbocycles. The van der Waals surface area contributed by atoms with Crippen molar-refractivity contribution in [1.29, 1.82) is 0 Å². The van der Waals surface area contributed by atoms with Crippen molar-refractivity contribution in [2.45, 2.75) is 37.3 Å². The number of carbonyl (C=O) groups excluding carboxylic acids is 1. The van der Waals surface area contributed by atoms with E-state index in [4.69, 9.17) is 4.74 Å². The molecular weight excluding hydrogens is 456 g/mol. The number of halogens is 1. The summed E-state index contributed by atoms with van der Waals surface area (Å²) in [5.74, 6) is -0.340. The van der Waals surface area contributed by atoms with Crippen molar-refractivity contribution in [1.82, 2.24) is 9.62 Å². The Morgan fingerprint density at radius 2 is 1.86 bits per heavy atom. The number of nitrogens with zero attached hydrogens (tertiary/aromatic N) is 1. The van der Waals surface area contributed by atoms with Gasteiger partial charge in [0.05, 0.1) is 17.5 Å². The molecule has 3 rings (SSSR count). The number of nitrogens with one attached hydrogen (secondary N) is 1. The number of hydrogen-bond acceptors (Lipinski definition) is 4. The Labute approximate surface area is 180 Å². The molecule has 1 fully saturated rings. The van der Waals surface area contributed by atoms with Crippen LogP contribution in [0.15, 0.2) is 57.9 Å². The van der Waals surface area contributed by atoms with Crippen LogP contribution >= 0.6 is 15.9 Å². The first-order chi connectivity index (χ1) is 13.8. The van der Waals surface area contributed by atoms with Gasteiger partial charge in [-0.15, -0.1) is 0 Å². The van der Waals surface area contributed by atoms with Crippen molar-refractivity contribution < 1.29 is 17.9 Å². The lowest BCUT2D eigenvalue weighted by Crippen LogP contribution is -2.42. The average Bonchev–Trinajstić information content (AvgIpc) is 3.21. The lowest BCUT2D eigenvalue weighted by Gasteiger charge is -2.22. The van der Waals surface area contributed by atoms with Gasteiger partial charge in [0, 0.05) is 24.2 Å². The normalized spacial score (nSPS) is 16.9. The highest BCUT2D eigenvalue weighted by Crippen LogP contribution is 2.21. The standard InChI is InChI=1S/C21H25BrN2O4S/c1-16-4-6-17(7-5-16)14-24(15-21(25)23-13-19-3-2-12-28-19)29(26,27)20-10-8-18(22)9-11-20/h4-11,19H,2-3,12-15H2,1H3,(H,23,25). The van der Waals surface area contributed by atoms with Crippen LogP contribution in [0.2, 0.25) is 0 Å². The Balaban J connectivity index is 1.77. The Kier molecular flexibility index (Phi) is 7.45. The zero-order valence-corrected chi connectivity index (χ0v) is 18.7. The van der Waals surface area contributed by atoms with Crippen molar-refractivity contribution >= 4 is 31.9 Å². The SMILES string of the molecule is Cc1ccc(CN(CC(=O)NCC2CCCO2)S(=O)(=O)c2ccc(Br)cc2)cc1. The topological polar surface area (TPSA) is 75.7 Å². The second-order valence-corrected chi connectivity index (χ2v) is 10.0. The number of hydrogen-bond donors (Lipinski definition) is 1. The molecule has 1 unspecified atom stereocenters. The molecule has 1 N–H and O–H groups in total. The second-order valence-electron chi connectivity index (χ2n) is 7.15. The first kappa shape index (κ1) is 22.0. The van der Waals surface area contributed by atoms with Gasteiger partial charge in [-0.25, -0.2) is 8.42 Å². The maximum atomic E-state index is 13.2. The molecule has 29 heavy (non-hydrogen) atoms. The molecule has 2 aromatic carbocycles. The lowest BCUT2D eigenvalue weighted by molar-refractivity contribution is -0.121. The van der Waals surface area contributed by atoms with Crippen LogP contribution in [0.3, 0.4) is 0 Å². The highest BCUT2D eigenvalue weighted by atomic mass is 79.9. The van der Waals surface area contributed by atoms with Crippen LogP contribution in [0, 0.1) is 6.92 Å². The van der Waals surface area contributed by atoms with E-state index in [1.54, 1.807) is 12.1 Å². The van der Waals surface area contributed by atoms with E-state index in [1.807, 2.05) is 31.2 Å². The Morgan fingerprint density at radius 1 is 1.17 bits per heavy atom. The predicted molar refractivity (Wildman–Crippen MR) is 115 cm³/mol. The molecule has 1 atom stereocenters. The van der Waals surface area contributed by atoms with Crippen LogP contribution in [0.5, 0.6) is 0 Å². The summed E-state index contributed by atoms with van der Waals surface area (Å²) in [6.45, 7) is 2.94. The Morgan fingerprint density at radius 3 is 2.48 bits per heavy atom. The molecule has 1 aliphatic rings. The first-order valence-corrected chi connectivity index (χ1v) is 11.8. The van der Waals surface area contributed by atoms with E-state index in [0.717, 1.165) is 28.4 Å². The number of ether oxygens (including phenoxy) is 1. The van der Waals surface area contributed by atoms with Gasteiger partial charge >= 0.3 is 0 Å². The van der Waals surface area contributed by atoms with Crippen LogP contribution in [-0.4, -0.2) is 44.4 Å². The summed E-state index contributed by atoms with van der Waals surface area (Å²) in [6, 6.07) is 14.0. The van der Waals surface area contributed by atoms with Gasteiger partial charge in [0.2, 0.25) is 15.9 Å². The van der Waals surface area contributed by atoms with Gasteiger partial charge in [0.25, 0.3) is 0 Å². The minimum atomic E-state index is -3.84. The zero-order chi connectivity index (χ0) is 20.9. The molecular formula is C21H25BrN2O4S. The zero-order valence-electron chi connectivity index (χ0n) is 16.3. The average molecular weight is 481 g/mol. The summed E-state index contributed by atoms with van der Waals surface area (Å²) in [6.07, 6.45) is 1.90. The number of rotatable bonds is 8. The largest absolute Gasteiger partial charge is 0.376 e. The van der Waals surface area contributed by atoms with E-state index >= 15 is 0 Å². The van der Waals surface area contributed by atoms with E-state index in [1.165, 1.54) is 16.4 Å². The first-order valence-electron chi connectivity index (χ1n) is 9.54. The number of sulfonamides is 1. The van der Waals surface area contributed by atoms with Crippen molar-refractivity contribution in [3.05, 3.63) is 64.1 Å². The summed E-state index contributed by atoms with van der Waals surface area (Å²) in [4.78, 5) is 12.7. The predicted octanol–water partition coefficient (Wildman–Crippen LogP) is 3.24. The van der Waals surface area contributed by atoms with Crippen molar-refractivity contribution in [3.8, 4) is 0 Å². The van der Waals surface area contributed by atoms with E-state index in [2.05, 4.69) is 21.2 Å². The summed E-state index contributed by atoms with van der Waals surface area (Å²) >= 11 is 3.32. The summed E-state index contributed by atoms with van der Waals surface area (Å²) < 4.78 is 33.9. The van der Waals surface area contributed by atoms with Gasteiger partial charge < -0.3 is 10.1 Å². The smallest absolute Gasteiger partial charge is 0.243 e. The van der Waals surface area contributed by atoms with Crippen LogP contribution < -0.4 is 5.32 Å².